The lowest BCUT2D eigenvalue weighted by molar-refractivity contribution is -0.137. The number of carbonyl (C=O) groups excluding carboxylic acids is 1. The average Bonchev–Trinajstić information content (AvgIpc) is 2.49. The predicted octanol–water partition coefficient (Wildman–Crippen LogP) is 4.77. The first-order valence-electron chi connectivity index (χ1n) is 6.70. The van der Waals surface area contributed by atoms with Crippen LogP contribution in [0.15, 0.2) is 42.5 Å². The van der Waals surface area contributed by atoms with Gasteiger partial charge in [-0.1, -0.05) is 30.3 Å². The molecule has 0 heterocycles. The van der Waals surface area contributed by atoms with Gasteiger partial charge < -0.3 is 5.32 Å². The number of nitrogens with one attached hydrogen (secondary N) is 1. The highest BCUT2D eigenvalue weighted by Crippen LogP contribution is 2.38. The van der Waals surface area contributed by atoms with E-state index in [4.69, 9.17) is 0 Å². The highest BCUT2D eigenvalue weighted by Gasteiger charge is 2.34. The summed E-state index contributed by atoms with van der Waals surface area (Å²) in [5, 5.41) is 2.34. The van der Waals surface area contributed by atoms with Gasteiger partial charge in [-0.3, -0.25) is 4.79 Å². The van der Waals surface area contributed by atoms with Crippen molar-refractivity contribution in [2.24, 2.45) is 0 Å². The van der Waals surface area contributed by atoms with Gasteiger partial charge in [-0.2, -0.15) is 25.8 Å². The van der Waals surface area contributed by atoms with Crippen LogP contribution in [0.3, 0.4) is 0 Å². The fourth-order valence-corrected chi connectivity index (χ4v) is 2.32. The maximum absolute atomic E-state index is 14.5. The van der Waals surface area contributed by atoms with Gasteiger partial charge in [0.15, 0.2) is 5.82 Å². The number of alkyl halides is 3. The van der Waals surface area contributed by atoms with Crippen LogP contribution in [0.2, 0.25) is 0 Å². The second-order valence-corrected chi connectivity index (χ2v) is 5.18. The lowest BCUT2D eigenvalue weighted by Gasteiger charge is -2.15. The molecule has 2 aromatic rings. The maximum atomic E-state index is 14.5. The Balaban J connectivity index is 2.48. The number of anilines is 1. The molecule has 0 atom stereocenters. The molecule has 0 saturated carbocycles. The van der Waals surface area contributed by atoms with Crippen molar-refractivity contribution < 1.29 is 22.4 Å². The van der Waals surface area contributed by atoms with E-state index < -0.39 is 23.5 Å². The molecule has 0 aliphatic heterocycles. The van der Waals surface area contributed by atoms with E-state index in [9.17, 15) is 22.4 Å². The summed E-state index contributed by atoms with van der Waals surface area (Å²) in [6.45, 7) is 0. The molecule has 0 spiro atoms. The van der Waals surface area contributed by atoms with Crippen molar-refractivity contribution >= 4 is 24.2 Å². The Kier molecular flexibility index (Phi) is 5.30. The van der Waals surface area contributed by atoms with Crippen molar-refractivity contribution in [3.05, 3.63) is 53.8 Å². The van der Waals surface area contributed by atoms with Gasteiger partial charge in [-0.05, 0) is 23.4 Å². The Morgan fingerprint density at radius 2 is 1.70 bits per heavy atom. The molecule has 0 unspecified atom stereocenters. The summed E-state index contributed by atoms with van der Waals surface area (Å²) in [6.07, 6.45) is -4.53. The van der Waals surface area contributed by atoms with Crippen LogP contribution >= 0.6 is 12.6 Å². The molecule has 0 radical (unpaired) electrons. The van der Waals surface area contributed by atoms with E-state index in [0.29, 0.717) is 0 Å². The SMILES string of the molecule is O=C(CCS)Nc1cccc(-c2ccccc2C(F)(F)F)c1F. The van der Waals surface area contributed by atoms with Crippen LogP contribution in [0.25, 0.3) is 11.1 Å². The van der Waals surface area contributed by atoms with Crippen molar-refractivity contribution in [2.45, 2.75) is 12.6 Å². The molecule has 0 saturated heterocycles. The predicted molar refractivity (Wildman–Crippen MR) is 83.9 cm³/mol. The zero-order chi connectivity index (χ0) is 17.0. The summed E-state index contributed by atoms with van der Waals surface area (Å²) >= 11 is 3.90. The molecule has 2 aromatic carbocycles. The molecule has 2 rings (SSSR count). The zero-order valence-corrected chi connectivity index (χ0v) is 12.7. The summed E-state index contributed by atoms with van der Waals surface area (Å²) < 4.78 is 53.8. The number of thiol groups is 1. The number of benzene rings is 2. The van der Waals surface area contributed by atoms with Crippen LogP contribution in [-0.4, -0.2) is 11.7 Å². The molecular weight excluding hydrogens is 330 g/mol. The molecule has 0 bridgehead atoms. The number of amides is 1. The number of carbonyl (C=O) groups is 1. The lowest BCUT2D eigenvalue weighted by atomic mass is 9.98. The van der Waals surface area contributed by atoms with Gasteiger partial charge in [-0.15, -0.1) is 0 Å². The number of hydrogen-bond acceptors (Lipinski definition) is 2. The highest BCUT2D eigenvalue weighted by atomic mass is 32.1. The van der Waals surface area contributed by atoms with Crippen LogP contribution in [0, 0.1) is 5.82 Å². The fourth-order valence-electron chi connectivity index (χ4n) is 2.12. The van der Waals surface area contributed by atoms with Gasteiger partial charge in [0.2, 0.25) is 5.91 Å². The third kappa shape index (κ3) is 4.04. The van der Waals surface area contributed by atoms with E-state index in [2.05, 4.69) is 17.9 Å². The molecule has 1 amide bonds. The first-order chi connectivity index (χ1) is 10.8. The monoisotopic (exact) mass is 343 g/mol. The van der Waals surface area contributed by atoms with E-state index in [-0.39, 0.29) is 29.0 Å². The normalized spacial score (nSPS) is 11.3. The molecule has 0 aromatic heterocycles. The molecule has 0 aliphatic carbocycles. The van der Waals surface area contributed by atoms with Gasteiger partial charge in [0.25, 0.3) is 0 Å². The van der Waals surface area contributed by atoms with Crippen molar-refractivity contribution in [3.63, 3.8) is 0 Å². The Hall–Kier alpha value is -2.02. The van der Waals surface area contributed by atoms with Gasteiger partial charge in [-0.25, -0.2) is 4.39 Å². The first-order valence-corrected chi connectivity index (χ1v) is 7.33. The third-order valence-corrected chi connectivity index (χ3v) is 3.36. The van der Waals surface area contributed by atoms with Gasteiger partial charge in [0, 0.05) is 12.0 Å². The Labute approximate surface area is 135 Å². The third-order valence-electron chi connectivity index (χ3n) is 3.13. The second-order valence-electron chi connectivity index (χ2n) is 4.73. The summed E-state index contributed by atoms with van der Waals surface area (Å²) in [4.78, 5) is 11.5. The van der Waals surface area contributed by atoms with Crippen LogP contribution < -0.4 is 5.32 Å². The molecule has 0 aliphatic rings. The maximum Gasteiger partial charge on any atom is 0.417 e. The van der Waals surface area contributed by atoms with E-state index in [1.54, 1.807) is 0 Å². The number of rotatable bonds is 4. The highest BCUT2D eigenvalue weighted by molar-refractivity contribution is 7.80. The summed E-state index contributed by atoms with van der Waals surface area (Å²) in [5.74, 6) is -1.08. The molecule has 23 heavy (non-hydrogen) atoms. The minimum atomic E-state index is -4.60. The largest absolute Gasteiger partial charge is 0.417 e. The summed E-state index contributed by atoms with van der Waals surface area (Å²) in [5.41, 5.74) is -1.59. The van der Waals surface area contributed by atoms with Gasteiger partial charge >= 0.3 is 6.18 Å². The standard InChI is InChI=1S/C16H13F4NOS/c17-15-11(5-3-7-13(15)21-14(22)8-9-23)10-4-1-2-6-12(10)16(18,19)20/h1-7,23H,8-9H2,(H,21,22). The van der Waals surface area contributed by atoms with Crippen LogP contribution in [0.1, 0.15) is 12.0 Å². The topological polar surface area (TPSA) is 29.1 Å². The summed E-state index contributed by atoms with van der Waals surface area (Å²) in [7, 11) is 0. The Morgan fingerprint density at radius 3 is 2.35 bits per heavy atom. The van der Waals surface area contributed by atoms with E-state index in [0.717, 1.165) is 6.07 Å². The Bertz CT molecular complexity index is 715. The van der Waals surface area contributed by atoms with Crippen molar-refractivity contribution in [1.29, 1.82) is 0 Å². The summed E-state index contributed by atoms with van der Waals surface area (Å²) in [6, 6.07) is 8.65. The van der Waals surface area contributed by atoms with Crippen LogP contribution in [-0.2, 0) is 11.0 Å². The smallest absolute Gasteiger partial charge is 0.324 e. The lowest BCUT2D eigenvalue weighted by Crippen LogP contribution is -2.13. The van der Waals surface area contributed by atoms with Gasteiger partial charge in [0.1, 0.15) is 0 Å². The minimum absolute atomic E-state index is 0.0753. The van der Waals surface area contributed by atoms with Crippen LogP contribution in [0.4, 0.5) is 23.2 Å². The quantitative estimate of drug-likeness (QED) is 0.608. The molecule has 1 N–H and O–H groups in total. The number of halogens is 4. The fraction of sp³-hybridized carbons (Fsp3) is 0.188. The van der Waals surface area contributed by atoms with E-state index in [1.807, 2.05) is 0 Å². The van der Waals surface area contributed by atoms with Crippen molar-refractivity contribution in [1.82, 2.24) is 0 Å². The van der Waals surface area contributed by atoms with Crippen molar-refractivity contribution in [3.8, 4) is 11.1 Å². The van der Waals surface area contributed by atoms with Crippen molar-refractivity contribution in [2.75, 3.05) is 11.1 Å². The molecule has 0 fully saturated rings. The molecule has 7 heteroatoms. The zero-order valence-electron chi connectivity index (χ0n) is 11.8. The first kappa shape index (κ1) is 17.3. The minimum Gasteiger partial charge on any atom is -0.324 e. The van der Waals surface area contributed by atoms with Gasteiger partial charge in [0.05, 0.1) is 11.3 Å². The van der Waals surface area contributed by atoms with E-state index in [1.165, 1.54) is 36.4 Å². The molecular formula is C16H13F4NOS. The molecule has 122 valence electrons. The number of hydrogen-bond donors (Lipinski definition) is 2. The Morgan fingerprint density at radius 1 is 1.04 bits per heavy atom. The average molecular weight is 343 g/mol. The van der Waals surface area contributed by atoms with Crippen LogP contribution in [0.5, 0.6) is 0 Å². The second kappa shape index (κ2) is 7.04. The molecule has 2 nitrogen and oxygen atoms in total. The van der Waals surface area contributed by atoms with E-state index >= 15 is 0 Å².